The third-order valence-corrected chi connectivity index (χ3v) is 7.17. The Hall–Kier alpha value is -5.12. The molecule has 1 aliphatic carbocycles. The number of carbonyl (C=O) groups excluding carboxylic acids is 1. The largest absolute Gasteiger partial charge is 0.383 e. The molecule has 1 aliphatic rings. The number of aryl methyl sites for hydroxylation is 2. The first-order valence-electron chi connectivity index (χ1n) is 12.7. The minimum atomic E-state index is -2.07. The topological polar surface area (TPSA) is 139 Å². The lowest BCUT2D eigenvalue weighted by Gasteiger charge is -2.36. The number of amides is 1. The van der Waals surface area contributed by atoms with Crippen molar-refractivity contribution in [2.24, 2.45) is 5.73 Å². The second kappa shape index (κ2) is 9.57. The molecule has 4 aromatic heterocycles. The van der Waals surface area contributed by atoms with Gasteiger partial charge in [-0.1, -0.05) is 47.6 Å². The van der Waals surface area contributed by atoms with Crippen molar-refractivity contribution in [1.29, 1.82) is 0 Å². The predicted molar refractivity (Wildman–Crippen MR) is 150 cm³/mol. The summed E-state index contributed by atoms with van der Waals surface area (Å²) in [5, 5.41) is 4.05. The first-order chi connectivity index (χ1) is 19.3. The molecule has 10 heteroatoms. The van der Waals surface area contributed by atoms with Gasteiger partial charge in [-0.2, -0.15) is 0 Å². The molecule has 0 bridgehead atoms. The van der Waals surface area contributed by atoms with E-state index in [9.17, 15) is 4.79 Å². The van der Waals surface area contributed by atoms with Gasteiger partial charge in [-0.15, -0.1) is 0 Å². The third kappa shape index (κ3) is 4.14. The zero-order chi connectivity index (χ0) is 28.0. The number of allylic oxidation sites excluding steroid dienone is 3. The van der Waals surface area contributed by atoms with Gasteiger partial charge < -0.3 is 16.0 Å². The van der Waals surface area contributed by atoms with E-state index in [1.165, 1.54) is 18.2 Å². The lowest BCUT2D eigenvalue weighted by atomic mass is 9.80. The van der Waals surface area contributed by atoms with E-state index in [1.807, 2.05) is 37.3 Å². The van der Waals surface area contributed by atoms with Gasteiger partial charge in [0.15, 0.2) is 11.3 Å². The number of anilines is 1. The molecule has 1 aromatic carbocycles. The number of aromatic nitrogens is 5. The van der Waals surface area contributed by atoms with Gasteiger partial charge in [0.2, 0.25) is 5.91 Å². The van der Waals surface area contributed by atoms with Gasteiger partial charge >= 0.3 is 0 Å². The lowest BCUT2D eigenvalue weighted by Crippen LogP contribution is -2.42. The van der Waals surface area contributed by atoms with Gasteiger partial charge in [0.25, 0.3) is 0 Å². The molecule has 2 atom stereocenters. The molecule has 200 valence electrons. The molecule has 0 saturated carbocycles. The number of nitrogen functional groups attached to an aromatic ring is 1. The molecule has 4 N–H and O–H groups in total. The van der Waals surface area contributed by atoms with Crippen LogP contribution in [0.5, 0.6) is 0 Å². The summed E-state index contributed by atoms with van der Waals surface area (Å²) in [6, 6.07) is 15.1. The van der Waals surface area contributed by atoms with E-state index >= 15 is 4.39 Å². The molecule has 2 unspecified atom stereocenters. The number of pyridine rings is 2. The number of primary amides is 1. The fourth-order valence-electron chi connectivity index (χ4n) is 5.39. The van der Waals surface area contributed by atoms with E-state index in [4.69, 9.17) is 26.0 Å². The first kappa shape index (κ1) is 25.2. The summed E-state index contributed by atoms with van der Waals surface area (Å²) < 4.78 is 24.4. The molecule has 4 heterocycles. The molecular formula is C30H26FN7O2. The van der Waals surface area contributed by atoms with E-state index in [0.717, 1.165) is 11.1 Å². The smallest absolute Gasteiger partial charge is 0.246 e. The zero-order valence-corrected chi connectivity index (χ0v) is 21.9. The monoisotopic (exact) mass is 535 g/mol. The van der Waals surface area contributed by atoms with Crippen LogP contribution < -0.4 is 11.5 Å². The van der Waals surface area contributed by atoms with Crippen molar-refractivity contribution in [2.75, 3.05) is 5.73 Å². The average Bonchev–Trinajstić information content (AvgIpc) is 3.47. The summed E-state index contributed by atoms with van der Waals surface area (Å²) in [5.74, 6) is 0.354. The standard InChI is InChI=1S/C30H26FN7O2/c1-17-24(18(2)40-37-17)22-12-13-23-29(35-22)38(28(36-23)21-11-7-15-34-26(21)32)25-20(27(33)39)10-6-14-30(25,31)16-19-8-4-3-5-9-19/h3-15,25H,16H2,1-2H3,(H2,32,34)(H2,33,39). The number of alkyl halides is 1. The van der Waals surface area contributed by atoms with E-state index in [-0.39, 0.29) is 17.8 Å². The molecule has 0 spiro atoms. The highest BCUT2D eigenvalue weighted by atomic mass is 19.1. The number of fused-ring (bicyclic) bond motifs is 1. The molecule has 0 fully saturated rings. The van der Waals surface area contributed by atoms with Crippen molar-refractivity contribution in [3.63, 3.8) is 0 Å². The Kier molecular flexibility index (Phi) is 6.02. The first-order valence-corrected chi connectivity index (χ1v) is 12.7. The normalized spacial score (nSPS) is 18.7. The lowest BCUT2D eigenvalue weighted by molar-refractivity contribution is -0.115. The molecule has 0 aliphatic heterocycles. The van der Waals surface area contributed by atoms with Crippen molar-refractivity contribution < 1.29 is 13.7 Å². The number of hydrogen-bond acceptors (Lipinski definition) is 7. The van der Waals surface area contributed by atoms with Crippen molar-refractivity contribution in [1.82, 2.24) is 24.7 Å². The van der Waals surface area contributed by atoms with Gasteiger partial charge in [-0.25, -0.2) is 19.3 Å². The molecule has 40 heavy (non-hydrogen) atoms. The molecule has 0 radical (unpaired) electrons. The number of nitrogens with zero attached hydrogens (tertiary/aromatic N) is 5. The van der Waals surface area contributed by atoms with Crippen LogP contribution in [-0.4, -0.2) is 36.3 Å². The minimum absolute atomic E-state index is 0.0230. The van der Waals surface area contributed by atoms with Crippen LogP contribution >= 0.6 is 0 Å². The Morgan fingerprint density at radius 3 is 2.60 bits per heavy atom. The van der Waals surface area contributed by atoms with Gasteiger partial charge in [0.05, 0.1) is 22.5 Å². The van der Waals surface area contributed by atoms with Crippen molar-refractivity contribution in [3.05, 3.63) is 102 Å². The van der Waals surface area contributed by atoms with Gasteiger partial charge in [0, 0.05) is 18.2 Å². The number of hydrogen-bond donors (Lipinski definition) is 2. The molecule has 9 nitrogen and oxygen atoms in total. The maximum absolute atomic E-state index is 17.4. The second-order valence-electron chi connectivity index (χ2n) is 9.82. The van der Waals surface area contributed by atoms with Crippen molar-refractivity contribution in [2.45, 2.75) is 32.0 Å². The quantitative estimate of drug-likeness (QED) is 0.318. The number of benzene rings is 1. The summed E-state index contributed by atoms with van der Waals surface area (Å²) in [6.45, 7) is 3.62. The van der Waals surface area contributed by atoms with Gasteiger partial charge in [0.1, 0.15) is 29.0 Å². The summed E-state index contributed by atoms with van der Waals surface area (Å²) in [4.78, 5) is 26.8. The van der Waals surface area contributed by atoms with Gasteiger partial charge in [-0.05, 0) is 49.8 Å². The third-order valence-electron chi connectivity index (χ3n) is 7.17. The second-order valence-corrected chi connectivity index (χ2v) is 9.82. The molecule has 1 amide bonds. The summed E-state index contributed by atoms with van der Waals surface area (Å²) in [7, 11) is 0. The van der Waals surface area contributed by atoms with Crippen LogP contribution in [0, 0.1) is 13.8 Å². The summed E-state index contributed by atoms with van der Waals surface area (Å²) in [5.41, 5.74) is 14.2. The van der Waals surface area contributed by atoms with Gasteiger partial charge in [-0.3, -0.25) is 9.36 Å². The predicted octanol–water partition coefficient (Wildman–Crippen LogP) is 4.82. The minimum Gasteiger partial charge on any atom is -0.383 e. The van der Waals surface area contributed by atoms with E-state index < -0.39 is 17.6 Å². The van der Waals surface area contributed by atoms with Crippen LogP contribution in [0.3, 0.4) is 0 Å². The number of halogens is 1. The van der Waals surface area contributed by atoms with Crippen LogP contribution in [0.1, 0.15) is 23.1 Å². The fourth-order valence-corrected chi connectivity index (χ4v) is 5.39. The highest BCUT2D eigenvalue weighted by Gasteiger charge is 2.46. The van der Waals surface area contributed by atoms with Crippen LogP contribution in [0.15, 0.2) is 89.1 Å². The van der Waals surface area contributed by atoms with Crippen molar-refractivity contribution >= 4 is 22.9 Å². The summed E-state index contributed by atoms with van der Waals surface area (Å²) in [6.07, 6.45) is 6.06. The van der Waals surface area contributed by atoms with Crippen LogP contribution in [-0.2, 0) is 11.2 Å². The molecular weight excluding hydrogens is 509 g/mol. The molecule has 0 saturated heterocycles. The Morgan fingerprint density at radius 1 is 1.10 bits per heavy atom. The van der Waals surface area contributed by atoms with Crippen molar-refractivity contribution in [3.8, 4) is 22.6 Å². The number of carbonyl (C=O) groups is 1. The number of rotatable bonds is 6. The Labute approximate surface area is 229 Å². The summed E-state index contributed by atoms with van der Waals surface area (Å²) >= 11 is 0. The fraction of sp³-hybridized carbons (Fsp3) is 0.167. The number of nitrogens with two attached hydrogens (primary N) is 2. The maximum Gasteiger partial charge on any atom is 0.246 e. The van der Waals surface area contributed by atoms with E-state index in [1.54, 1.807) is 42.0 Å². The van der Waals surface area contributed by atoms with Crippen LogP contribution in [0.4, 0.5) is 10.2 Å². The van der Waals surface area contributed by atoms with Crippen LogP contribution in [0.2, 0.25) is 0 Å². The highest BCUT2D eigenvalue weighted by molar-refractivity contribution is 5.95. The average molecular weight is 536 g/mol. The van der Waals surface area contributed by atoms with E-state index in [0.29, 0.717) is 39.7 Å². The highest BCUT2D eigenvalue weighted by Crippen LogP contribution is 2.44. The molecule has 5 aromatic rings. The Morgan fingerprint density at radius 2 is 1.90 bits per heavy atom. The Bertz CT molecular complexity index is 1800. The number of imidazole rings is 1. The molecule has 6 rings (SSSR count). The maximum atomic E-state index is 17.4. The van der Waals surface area contributed by atoms with E-state index in [2.05, 4.69) is 10.1 Å². The Balaban J connectivity index is 1.67. The SMILES string of the molecule is Cc1noc(C)c1-c1ccc2nc(-c3cccnc3N)n(C3C(C(N)=O)=CC=CC3(F)Cc3ccccc3)c2n1. The zero-order valence-electron chi connectivity index (χ0n) is 21.9. The van der Waals surface area contributed by atoms with Crippen LogP contribution in [0.25, 0.3) is 33.8 Å².